The Labute approximate surface area is 117 Å². The molecule has 1 unspecified atom stereocenters. The van der Waals surface area contributed by atoms with Crippen LogP contribution in [0.25, 0.3) is 0 Å². The Hall–Kier alpha value is -0.740. The molecule has 1 aromatic carbocycles. The van der Waals surface area contributed by atoms with E-state index >= 15 is 0 Å². The zero-order chi connectivity index (χ0) is 13.4. The summed E-state index contributed by atoms with van der Waals surface area (Å²) in [5, 5.41) is 10.6. The summed E-state index contributed by atoms with van der Waals surface area (Å²) in [6.45, 7) is 1.02. The van der Waals surface area contributed by atoms with Gasteiger partial charge in [0, 0.05) is 31.1 Å². The Kier molecular flexibility index (Phi) is 3.72. The number of benzene rings is 1. The molecule has 0 spiro atoms. The van der Waals surface area contributed by atoms with Gasteiger partial charge in [-0.1, -0.05) is 12.1 Å². The summed E-state index contributed by atoms with van der Waals surface area (Å²) in [5.74, 6) is 0. The number of nitrogens with zero attached hydrogens (tertiary/aromatic N) is 2. The van der Waals surface area contributed by atoms with Gasteiger partial charge in [-0.2, -0.15) is 0 Å². The lowest BCUT2D eigenvalue weighted by molar-refractivity contribution is -0.384. The van der Waals surface area contributed by atoms with Crippen molar-refractivity contribution in [3.8, 4) is 0 Å². The van der Waals surface area contributed by atoms with Gasteiger partial charge in [0.1, 0.15) is 0 Å². The first-order valence-electron chi connectivity index (χ1n) is 6.28. The van der Waals surface area contributed by atoms with E-state index in [1.54, 1.807) is 24.3 Å². The second-order valence-electron chi connectivity index (χ2n) is 4.87. The van der Waals surface area contributed by atoms with Crippen LogP contribution in [0, 0.1) is 10.1 Å². The summed E-state index contributed by atoms with van der Waals surface area (Å²) < 4.78 is 8.09. The van der Waals surface area contributed by atoms with Crippen molar-refractivity contribution in [3.05, 3.63) is 39.9 Å². The van der Waals surface area contributed by atoms with Crippen LogP contribution in [0.2, 0.25) is 0 Å². The fourth-order valence-corrected chi connectivity index (χ4v) is 4.98. The minimum Gasteiger partial charge on any atom is -0.326 e. The third-order valence-electron chi connectivity index (χ3n) is 3.71. The maximum absolute atomic E-state index is 10.6. The maximum atomic E-state index is 10.6. The minimum atomic E-state index is -0.960. The van der Waals surface area contributed by atoms with Gasteiger partial charge in [-0.25, -0.2) is 4.67 Å². The normalized spacial score (nSPS) is 30.5. The summed E-state index contributed by atoms with van der Waals surface area (Å²) in [6, 6.07) is 7.10. The van der Waals surface area contributed by atoms with E-state index in [0.717, 1.165) is 24.9 Å². The topological polar surface area (TPSA) is 55.6 Å². The number of nitro benzene ring substituents is 1. The van der Waals surface area contributed by atoms with Crippen molar-refractivity contribution in [1.29, 1.82) is 0 Å². The largest absolute Gasteiger partial charge is 0.326 e. The van der Waals surface area contributed by atoms with Crippen molar-refractivity contribution >= 4 is 24.6 Å². The van der Waals surface area contributed by atoms with Gasteiger partial charge < -0.3 is 4.52 Å². The fourth-order valence-electron chi connectivity index (χ4n) is 2.75. The molecule has 2 aliphatic rings. The van der Waals surface area contributed by atoms with E-state index in [2.05, 4.69) is 4.67 Å². The van der Waals surface area contributed by atoms with Crippen LogP contribution in [-0.4, -0.2) is 28.3 Å². The van der Waals surface area contributed by atoms with Crippen molar-refractivity contribution in [2.24, 2.45) is 0 Å². The van der Waals surface area contributed by atoms with Gasteiger partial charge in [0.25, 0.3) is 5.69 Å². The predicted molar refractivity (Wildman–Crippen MR) is 74.2 cm³/mol. The highest BCUT2D eigenvalue weighted by Crippen LogP contribution is 2.58. The fraction of sp³-hybridized carbons (Fsp3) is 0.500. The highest BCUT2D eigenvalue weighted by molar-refractivity contribution is 7.78. The van der Waals surface area contributed by atoms with Crippen LogP contribution in [0.1, 0.15) is 18.4 Å². The Morgan fingerprint density at radius 2 is 2.21 bits per heavy atom. The molecular formula is C12H14ClN2O3P. The van der Waals surface area contributed by atoms with Crippen molar-refractivity contribution in [3.63, 3.8) is 0 Å². The summed E-state index contributed by atoms with van der Waals surface area (Å²) in [7, 11) is -0.960. The smallest absolute Gasteiger partial charge is 0.269 e. The molecule has 0 N–H and O–H groups in total. The molecule has 19 heavy (non-hydrogen) atoms. The molecular weight excluding hydrogens is 287 g/mol. The summed E-state index contributed by atoms with van der Waals surface area (Å²) >= 11 is 6.22. The third-order valence-corrected chi connectivity index (χ3v) is 5.87. The van der Waals surface area contributed by atoms with E-state index in [-0.39, 0.29) is 16.7 Å². The van der Waals surface area contributed by atoms with Crippen molar-refractivity contribution in [2.75, 3.05) is 6.54 Å². The molecule has 2 fully saturated rings. The Balaban J connectivity index is 1.69. The molecule has 0 bridgehead atoms. The summed E-state index contributed by atoms with van der Waals surface area (Å²) in [5.41, 5.74) is 1.18. The molecule has 0 aromatic heterocycles. The number of halogens is 1. The minimum absolute atomic E-state index is 0.118. The second-order valence-corrected chi connectivity index (χ2v) is 6.92. The van der Waals surface area contributed by atoms with Gasteiger partial charge in [0.15, 0.2) is 0 Å². The molecule has 5 nitrogen and oxygen atoms in total. The van der Waals surface area contributed by atoms with Crippen molar-refractivity contribution in [2.45, 2.75) is 31.4 Å². The highest BCUT2D eigenvalue weighted by atomic mass is 35.7. The van der Waals surface area contributed by atoms with E-state index in [1.165, 1.54) is 6.42 Å². The SMILES string of the molecule is O=[N+]([O-])c1ccc(C[C@@H]2OP(Cl)N3CCC[C@H]23)cc1. The van der Waals surface area contributed by atoms with E-state index in [9.17, 15) is 10.1 Å². The Morgan fingerprint density at radius 3 is 2.89 bits per heavy atom. The van der Waals surface area contributed by atoms with E-state index < -0.39 is 7.65 Å². The second kappa shape index (κ2) is 5.33. The van der Waals surface area contributed by atoms with Gasteiger partial charge in [-0.05, 0) is 29.6 Å². The monoisotopic (exact) mass is 300 g/mol. The number of rotatable bonds is 3. The molecule has 1 aromatic rings. The van der Waals surface area contributed by atoms with Gasteiger partial charge in [0.05, 0.1) is 11.0 Å². The van der Waals surface area contributed by atoms with Crippen molar-refractivity contribution in [1.82, 2.24) is 4.67 Å². The van der Waals surface area contributed by atoms with Gasteiger partial charge in [-0.3, -0.25) is 10.1 Å². The molecule has 0 aliphatic carbocycles. The molecule has 0 saturated carbocycles. The first kappa shape index (κ1) is 13.3. The number of fused-ring (bicyclic) bond motifs is 1. The van der Waals surface area contributed by atoms with Crippen LogP contribution >= 0.6 is 18.9 Å². The lowest BCUT2D eigenvalue weighted by Gasteiger charge is -2.16. The average molecular weight is 301 g/mol. The van der Waals surface area contributed by atoms with Gasteiger partial charge >= 0.3 is 0 Å². The average Bonchev–Trinajstić information content (AvgIpc) is 2.96. The van der Waals surface area contributed by atoms with E-state index in [0.29, 0.717) is 6.04 Å². The van der Waals surface area contributed by atoms with Crippen LogP contribution in [-0.2, 0) is 10.9 Å². The molecule has 0 amide bonds. The Bertz CT molecular complexity index is 484. The molecule has 3 atom stereocenters. The maximum Gasteiger partial charge on any atom is 0.269 e. The molecule has 0 radical (unpaired) electrons. The Morgan fingerprint density at radius 1 is 1.47 bits per heavy atom. The van der Waals surface area contributed by atoms with Crippen LogP contribution < -0.4 is 0 Å². The summed E-state index contributed by atoms with van der Waals surface area (Å²) in [6.07, 6.45) is 3.19. The first-order valence-corrected chi connectivity index (χ1v) is 8.39. The number of hydrogen-bond donors (Lipinski definition) is 0. The van der Waals surface area contributed by atoms with Crippen LogP contribution in [0.5, 0.6) is 0 Å². The summed E-state index contributed by atoms with van der Waals surface area (Å²) in [4.78, 5) is 10.2. The van der Waals surface area contributed by atoms with Crippen LogP contribution in [0.3, 0.4) is 0 Å². The lowest BCUT2D eigenvalue weighted by atomic mass is 10.0. The number of hydrogen-bond acceptors (Lipinski definition) is 4. The molecule has 3 rings (SSSR count). The number of non-ortho nitro benzene ring substituents is 1. The molecule has 2 heterocycles. The van der Waals surface area contributed by atoms with Crippen LogP contribution in [0.15, 0.2) is 24.3 Å². The molecule has 2 aliphatic heterocycles. The zero-order valence-electron chi connectivity index (χ0n) is 10.2. The molecule has 102 valence electrons. The number of nitro groups is 1. The third kappa shape index (κ3) is 2.61. The highest BCUT2D eigenvalue weighted by Gasteiger charge is 2.44. The quantitative estimate of drug-likeness (QED) is 0.487. The lowest BCUT2D eigenvalue weighted by Crippen LogP contribution is -2.29. The van der Waals surface area contributed by atoms with Gasteiger partial charge in [0.2, 0.25) is 7.65 Å². The molecule has 2 saturated heterocycles. The van der Waals surface area contributed by atoms with E-state index in [1.807, 2.05) is 0 Å². The van der Waals surface area contributed by atoms with E-state index in [4.69, 9.17) is 15.8 Å². The molecule has 7 heteroatoms. The van der Waals surface area contributed by atoms with Crippen LogP contribution in [0.4, 0.5) is 5.69 Å². The van der Waals surface area contributed by atoms with Crippen molar-refractivity contribution < 1.29 is 9.45 Å². The first-order chi connectivity index (χ1) is 9.15. The zero-order valence-corrected chi connectivity index (χ0v) is 11.9. The standard InChI is InChI=1S/C12H14ClN2O3P/c13-19-14-7-1-2-11(14)12(18-19)8-9-3-5-10(6-4-9)15(16)17/h3-6,11-12H,1-2,7-8H2/t11-,12+,19?/m1/s1. The van der Waals surface area contributed by atoms with Gasteiger partial charge in [-0.15, -0.1) is 0 Å². The predicted octanol–water partition coefficient (Wildman–Crippen LogP) is 3.47.